The van der Waals surface area contributed by atoms with Crippen molar-refractivity contribution in [3.05, 3.63) is 65.0 Å². The van der Waals surface area contributed by atoms with Crippen LogP contribution in [-0.4, -0.2) is 30.5 Å². The van der Waals surface area contributed by atoms with Gasteiger partial charge in [0.1, 0.15) is 5.82 Å². The van der Waals surface area contributed by atoms with Crippen molar-refractivity contribution in [2.75, 3.05) is 0 Å². The second-order valence-corrected chi connectivity index (χ2v) is 6.83. The van der Waals surface area contributed by atoms with Crippen LogP contribution in [0.3, 0.4) is 0 Å². The van der Waals surface area contributed by atoms with Crippen LogP contribution in [0.4, 0.5) is 0 Å². The monoisotopic (exact) mass is 364 g/mol. The Labute approximate surface area is 158 Å². The van der Waals surface area contributed by atoms with Gasteiger partial charge in [0.25, 0.3) is 5.91 Å². The molecule has 140 valence electrons. The lowest BCUT2D eigenvalue weighted by atomic mass is 10.1. The van der Waals surface area contributed by atoms with Crippen LogP contribution in [0, 0.1) is 0 Å². The summed E-state index contributed by atoms with van der Waals surface area (Å²) in [4.78, 5) is 12.7. The van der Waals surface area contributed by atoms with Gasteiger partial charge < -0.3 is 9.88 Å². The van der Waals surface area contributed by atoms with Gasteiger partial charge in [-0.25, -0.2) is 0 Å². The summed E-state index contributed by atoms with van der Waals surface area (Å²) in [5, 5.41) is 15.9. The van der Waals surface area contributed by atoms with Crippen molar-refractivity contribution < 1.29 is 4.79 Å². The number of aromatic nitrogens is 5. The Morgan fingerprint density at radius 2 is 2.04 bits per heavy atom. The molecule has 0 unspecified atom stereocenters. The highest BCUT2D eigenvalue weighted by atomic mass is 16.1. The summed E-state index contributed by atoms with van der Waals surface area (Å²) in [5.41, 5.74) is 2.74. The molecule has 3 aromatic rings. The minimum atomic E-state index is -0.112. The van der Waals surface area contributed by atoms with E-state index in [1.165, 1.54) is 0 Å². The summed E-state index contributed by atoms with van der Waals surface area (Å²) < 4.78 is 4.03. The molecule has 7 heteroatoms. The maximum absolute atomic E-state index is 12.7. The first kappa shape index (κ1) is 17.5. The highest BCUT2D eigenvalue weighted by Gasteiger charge is 2.19. The molecule has 0 spiro atoms. The zero-order chi connectivity index (χ0) is 18.6. The molecule has 3 heterocycles. The summed E-state index contributed by atoms with van der Waals surface area (Å²) in [6.45, 7) is 4.03. The van der Waals surface area contributed by atoms with Crippen molar-refractivity contribution in [2.45, 2.75) is 52.2 Å². The number of aryl methyl sites for hydroxylation is 1. The quantitative estimate of drug-likeness (QED) is 0.728. The lowest BCUT2D eigenvalue weighted by Crippen LogP contribution is -2.26. The molecule has 0 fully saturated rings. The van der Waals surface area contributed by atoms with E-state index in [0.717, 1.165) is 55.1 Å². The molecule has 1 amide bonds. The average molecular weight is 364 g/mol. The van der Waals surface area contributed by atoms with Crippen LogP contribution < -0.4 is 5.32 Å². The first-order chi connectivity index (χ1) is 13.3. The van der Waals surface area contributed by atoms with E-state index in [-0.39, 0.29) is 5.91 Å². The van der Waals surface area contributed by atoms with Gasteiger partial charge in [-0.1, -0.05) is 37.3 Å². The number of nitrogens with zero attached hydrogens (tertiary/aromatic N) is 5. The largest absolute Gasteiger partial charge is 0.345 e. The molecule has 7 nitrogen and oxygen atoms in total. The molecule has 0 radical (unpaired) electrons. The number of hydrogen-bond acceptors (Lipinski definition) is 4. The normalized spacial score (nSPS) is 13.4. The van der Waals surface area contributed by atoms with E-state index >= 15 is 0 Å². The second-order valence-electron chi connectivity index (χ2n) is 6.83. The van der Waals surface area contributed by atoms with Crippen LogP contribution >= 0.6 is 0 Å². The van der Waals surface area contributed by atoms with Crippen molar-refractivity contribution in [1.29, 1.82) is 0 Å². The Kier molecular flexibility index (Phi) is 5.00. The van der Waals surface area contributed by atoms with Gasteiger partial charge in [-0.15, -0.1) is 10.2 Å². The maximum atomic E-state index is 12.7. The molecule has 1 aromatic carbocycles. The predicted octanol–water partition coefficient (Wildman–Crippen LogP) is 2.35. The fraction of sp³-hybridized carbons (Fsp3) is 0.400. The number of fused-ring (bicyclic) bond motifs is 1. The zero-order valence-electron chi connectivity index (χ0n) is 15.6. The molecule has 4 rings (SSSR count). The number of benzene rings is 1. The molecule has 1 aliphatic heterocycles. The zero-order valence-corrected chi connectivity index (χ0v) is 15.6. The third-order valence-electron chi connectivity index (χ3n) is 5.05. The van der Waals surface area contributed by atoms with Gasteiger partial charge in [0, 0.05) is 13.0 Å². The van der Waals surface area contributed by atoms with Gasteiger partial charge in [-0.2, -0.15) is 5.10 Å². The average Bonchev–Trinajstić information content (AvgIpc) is 3.31. The van der Waals surface area contributed by atoms with Crippen molar-refractivity contribution in [1.82, 2.24) is 29.9 Å². The third-order valence-corrected chi connectivity index (χ3v) is 5.05. The standard InChI is InChI=1S/C20H24N6O/c1-2-17-16(12-22-26(17)14-15-8-4-3-5-9-15)20(27)21-13-19-24-23-18-10-6-7-11-25(18)19/h3-5,8-9,12H,2,6-7,10-11,13-14H2,1H3,(H,21,27). The van der Waals surface area contributed by atoms with E-state index < -0.39 is 0 Å². The number of nitrogens with one attached hydrogen (secondary N) is 1. The van der Waals surface area contributed by atoms with Crippen molar-refractivity contribution in [2.24, 2.45) is 0 Å². The van der Waals surface area contributed by atoms with Gasteiger partial charge in [0.05, 0.1) is 30.5 Å². The Hall–Kier alpha value is -2.96. The molecule has 0 atom stereocenters. The first-order valence-corrected chi connectivity index (χ1v) is 9.54. The maximum Gasteiger partial charge on any atom is 0.255 e. The Morgan fingerprint density at radius 3 is 2.85 bits per heavy atom. The van der Waals surface area contributed by atoms with Crippen LogP contribution in [0.25, 0.3) is 0 Å². The molecule has 1 aliphatic rings. The summed E-state index contributed by atoms with van der Waals surface area (Å²) in [6.07, 6.45) is 5.67. The van der Waals surface area contributed by atoms with Crippen molar-refractivity contribution >= 4 is 5.91 Å². The van der Waals surface area contributed by atoms with Gasteiger partial charge in [0.15, 0.2) is 5.82 Å². The minimum Gasteiger partial charge on any atom is -0.345 e. The fourth-order valence-corrected chi connectivity index (χ4v) is 3.62. The summed E-state index contributed by atoms with van der Waals surface area (Å²) in [7, 11) is 0. The Bertz CT molecular complexity index is 927. The smallest absolute Gasteiger partial charge is 0.255 e. The molecule has 0 saturated carbocycles. The van der Waals surface area contributed by atoms with E-state index in [2.05, 4.69) is 37.3 Å². The molecule has 0 aliphatic carbocycles. The van der Waals surface area contributed by atoms with Gasteiger partial charge >= 0.3 is 0 Å². The van der Waals surface area contributed by atoms with Gasteiger partial charge in [0.2, 0.25) is 0 Å². The predicted molar refractivity (Wildman–Crippen MR) is 101 cm³/mol. The van der Waals surface area contributed by atoms with E-state index in [0.29, 0.717) is 18.7 Å². The van der Waals surface area contributed by atoms with E-state index in [1.54, 1.807) is 6.20 Å². The van der Waals surface area contributed by atoms with Crippen molar-refractivity contribution in [3.63, 3.8) is 0 Å². The molecular weight excluding hydrogens is 340 g/mol. The SMILES string of the molecule is CCc1c(C(=O)NCc2nnc3n2CCCC3)cnn1Cc1ccccc1. The molecule has 27 heavy (non-hydrogen) atoms. The summed E-state index contributed by atoms with van der Waals surface area (Å²) >= 11 is 0. The molecule has 0 bridgehead atoms. The molecule has 0 saturated heterocycles. The molecule has 2 aromatic heterocycles. The minimum absolute atomic E-state index is 0.112. The van der Waals surface area contributed by atoms with Crippen LogP contribution in [-0.2, 0) is 32.5 Å². The molecule has 1 N–H and O–H groups in total. The van der Waals surface area contributed by atoms with Gasteiger partial charge in [-0.3, -0.25) is 9.48 Å². The Morgan fingerprint density at radius 1 is 1.19 bits per heavy atom. The van der Waals surface area contributed by atoms with Crippen LogP contribution in [0.1, 0.15) is 53.0 Å². The van der Waals surface area contributed by atoms with E-state index in [4.69, 9.17) is 0 Å². The Balaban J connectivity index is 1.46. The lowest BCUT2D eigenvalue weighted by Gasteiger charge is -2.15. The highest BCUT2D eigenvalue weighted by molar-refractivity contribution is 5.95. The van der Waals surface area contributed by atoms with E-state index in [1.807, 2.05) is 29.8 Å². The fourth-order valence-electron chi connectivity index (χ4n) is 3.62. The lowest BCUT2D eigenvalue weighted by molar-refractivity contribution is 0.0948. The van der Waals surface area contributed by atoms with Crippen molar-refractivity contribution in [3.8, 4) is 0 Å². The number of amides is 1. The number of carbonyl (C=O) groups is 1. The number of hydrogen-bond donors (Lipinski definition) is 1. The van der Waals surface area contributed by atoms with E-state index in [9.17, 15) is 4.79 Å². The first-order valence-electron chi connectivity index (χ1n) is 9.54. The summed E-state index contributed by atoms with van der Waals surface area (Å²) in [6, 6.07) is 10.1. The third kappa shape index (κ3) is 3.63. The van der Waals surface area contributed by atoms with Crippen LogP contribution in [0.2, 0.25) is 0 Å². The number of rotatable bonds is 6. The summed E-state index contributed by atoms with van der Waals surface area (Å²) in [5.74, 6) is 1.74. The number of carbonyl (C=O) groups excluding carboxylic acids is 1. The second kappa shape index (κ2) is 7.73. The molecular formula is C20H24N6O. The van der Waals surface area contributed by atoms with Crippen LogP contribution in [0.5, 0.6) is 0 Å². The topological polar surface area (TPSA) is 77.6 Å². The highest BCUT2D eigenvalue weighted by Crippen LogP contribution is 2.15. The van der Waals surface area contributed by atoms with Crippen LogP contribution in [0.15, 0.2) is 36.5 Å². The van der Waals surface area contributed by atoms with Gasteiger partial charge in [-0.05, 0) is 24.8 Å².